The van der Waals surface area contributed by atoms with Gasteiger partial charge in [0.15, 0.2) is 0 Å². The highest BCUT2D eigenvalue weighted by atomic mass is 32.2. The van der Waals surface area contributed by atoms with E-state index in [4.69, 9.17) is 4.74 Å². The maximum Gasteiger partial charge on any atom is 0.270 e. The number of non-ortho nitro benzene ring substituents is 1. The van der Waals surface area contributed by atoms with E-state index < -0.39 is 14.9 Å². The summed E-state index contributed by atoms with van der Waals surface area (Å²) in [4.78, 5) is 10.4. The van der Waals surface area contributed by atoms with Gasteiger partial charge in [-0.15, -0.1) is 0 Å². The van der Waals surface area contributed by atoms with Crippen LogP contribution in [0.5, 0.6) is 0 Å². The summed E-state index contributed by atoms with van der Waals surface area (Å²) >= 11 is 0. The van der Waals surface area contributed by atoms with E-state index in [0.29, 0.717) is 5.71 Å². The number of morpholine rings is 1. The summed E-state index contributed by atoms with van der Waals surface area (Å²) in [7, 11) is -3.96. The van der Waals surface area contributed by atoms with Gasteiger partial charge in [0.05, 0.1) is 29.5 Å². The zero-order valence-corrected chi connectivity index (χ0v) is 17.9. The molecule has 1 aliphatic heterocycles. The van der Waals surface area contributed by atoms with Crippen LogP contribution in [0.25, 0.3) is 0 Å². The van der Waals surface area contributed by atoms with E-state index in [9.17, 15) is 18.5 Å². The average Bonchev–Trinajstić information content (AvgIpc) is 2.74. The third-order valence-electron chi connectivity index (χ3n) is 5.03. The summed E-state index contributed by atoms with van der Waals surface area (Å²) in [5, 5.41) is 15.5. The molecule has 0 aliphatic carbocycles. The summed E-state index contributed by atoms with van der Waals surface area (Å²) in [6.45, 7) is 6.76. The second-order valence-corrected chi connectivity index (χ2v) is 8.97. The van der Waals surface area contributed by atoms with Crippen molar-refractivity contribution in [1.29, 1.82) is 0 Å². The first kappa shape index (κ1) is 21.9. The molecule has 0 unspecified atom stereocenters. The molecular weight excluding hydrogens is 408 g/mol. The molecule has 1 aliphatic rings. The highest BCUT2D eigenvalue weighted by Gasteiger charge is 2.30. The van der Waals surface area contributed by atoms with E-state index in [1.807, 2.05) is 32.0 Å². The fraction of sp³-hybridized carbons (Fsp3) is 0.350. The van der Waals surface area contributed by atoms with Gasteiger partial charge in [-0.3, -0.25) is 15.5 Å². The molecule has 1 heterocycles. The minimum Gasteiger partial charge on any atom is -0.379 e. The molecule has 9 nitrogen and oxygen atoms in total. The number of aryl methyl sites for hydroxylation is 2. The topological polar surface area (TPSA) is 114 Å². The number of sulfonamides is 1. The Morgan fingerprint density at radius 2 is 1.83 bits per heavy atom. The fourth-order valence-electron chi connectivity index (χ4n) is 3.03. The summed E-state index contributed by atoms with van der Waals surface area (Å²) in [5.74, 6) is 0. The van der Waals surface area contributed by atoms with Crippen molar-refractivity contribution in [2.75, 3.05) is 31.7 Å². The van der Waals surface area contributed by atoms with Gasteiger partial charge in [-0.2, -0.15) is 9.41 Å². The van der Waals surface area contributed by atoms with Crippen molar-refractivity contribution in [2.24, 2.45) is 5.10 Å². The third kappa shape index (κ3) is 4.66. The Morgan fingerprint density at radius 3 is 2.47 bits per heavy atom. The molecule has 0 atom stereocenters. The highest BCUT2D eigenvalue weighted by molar-refractivity contribution is 7.89. The van der Waals surface area contributed by atoms with Crippen molar-refractivity contribution in [2.45, 2.75) is 25.7 Å². The maximum atomic E-state index is 13.1. The van der Waals surface area contributed by atoms with Crippen LogP contribution in [0.2, 0.25) is 0 Å². The molecule has 1 fully saturated rings. The first-order valence-corrected chi connectivity index (χ1v) is 10.9. The van der Waals surface area contributed by atoms with Crippen LogP contribution in [-0.4, -0.2) is 49.7 Å². The molecule has 0 spiro atoms. The number of anilines is 1. The van der Waals surface area contributed by atoms with Gasteiger partial charge < -0.3 is 4.74 Å². The number of nitrogens with zero attached hydrogens (tertiary/aromatic N) is 3. The minimum absolute atomic E-state index is 0.176. The molecule has 2 aromatic carbocycles. The lowest BCUT2D eigenvalue weighted by Gasteiger charge is -2.26. The van der Waals surface area contributed by atoms with Crippen LogP contribution in [0.15, 0.2) is 46.4 Å². The first-order chi connectivity index (χ1) is 14.2. The Labute approximate surface area is 175 Å². The predicted molar refractivity (Wildman–Crippen MR) is 114 cm³/mol. The number of ether oxygens (including phenoxy) is 1. The molecule has 3 rings (SSSR count). The summed E-state index contributed by atoms with van der Waals surface area (Å²) < 4.78 is 32.8. The van der Waals surface area contributed by atoms with E-state index in [0.717, 1.165) is 22.8 Å². The number of rotatable bonds is 6. The monoisotopic (exact) mass is 432 g/mol. The largest absolute Gasteiger partial charge is 0.379 e. The quantitative estimate of drug-likeness (QED) is 0.426. The molecule has 1 saturated heterocycles. The van der Waals surface area contributed by atoms with Crippen LogP contribution in [0.1, 0.15) is 23.6 Å². The molecule has 30 heavy (non-hydrogen) atoms. The van der Waals surface area contributed by atoms with E-state index >= 15 is 0 Å². The predicted octanol–water partition coefficient (Wildman–Crippen LogP) is 3.07. The number of hydrogen-bond acceptors (Lipinski definition) is 7. The van der Waals surface area contributed by atoms with Crippen molar-refractivity contribution >= 4 is 27.1 Å². The fourth-order valence-corrected chi connectivity index (χ4v) is 4.60. The van der Waals surface area contributed by atoms with E-state index in [2.05, 4.69) is 10.5 Å². The highest BCUT2D eigenvalue weighted by Crippen LogP contribution is 2.29. The Morgan fingerprint density at radius 1 is 1.13 bits per heavy atom. The standard InChI is InChI=1S/C20H24N4O5S/c1-14-4-5-17(12-15(14)2)16(3)21-22-19-7-6-18(24(25)26)13-20(19)30(27,28)23-8-10-29-11-9-23/h4-7,12-13,22H,8-11H2,1-3H3. The van der Waals surface area contributed by atoms with Gasteiger partial charge in [0.2, 0.25) is 10.0 Å². The van der Waals surface area contributed by atoms with Crippen molar-refractivity contribution in [3.05, 3.63) is 63.2 Å². The number of benzene rings is 2. The number of hydrogen-bond donors (Lipinski definition) is 1. The van der Waals surface area contributed by atoms with Crippen molar-refractivity contribution in [3.63, 3.8) is 0 Å². The summed E-state index contributed by atoms with van der Waals surface area (Å²) in [6.07, 6.45) is 0. The van der Waals surface area contributed by atoms with Crippen LogP contribution in [0, 0.1) is 24.0 Å². The molecule has 0 saturated carbocycles. The lowest BCUT2D eigenvalue weighted by atomic mass is 10.0. The third-order valence-corrected chi connectivity index (χ3v) is 6.97. The Balaban J connectivity index is 1.97. The second-order valence-electron chi connectivity index (χ2n) is 7.06. The van der Waals surface area contributed by atoms with Gasteiger partial charge >= 0.3 is 0 Å². The van der Waals surface area contributed by atoms with Crippen LogP contribution in [0.4, 0.5) is 11.4 Å². The number of nitrogens with one attached hydrogen (secondary N) is 1. The smallest absolute Gasteiger partial charge is 0.270 e. The molecule has 0 amide bonds. The average molecular weight is 433 g/mol. The van der Waals surface area contributed by atoms with Gasteiger partial charge in [0, 0.05) is 25.2 Å². The normalized spacial score (nSPS) is 15.8. The number of hydrazone groups is 1. The SMILES string of the molecule is CC(=NNc1ccc([N+](=O)[O-])cc1S(=O)(=O)N1CCOCC1)c1ccc(C)c(C)c1. The zero-order valence-electron chi connectivity index (χ0n) is 17.1. The van der Waals surface area contributed by atoms with Crippen molar-refractivity contribution < 1.29 is 18.1 Å². The number of nitro groups is 1. The molecule has 0 bridgehead atoms. The second kappa shape index (κ2) is 8.90. The molecule has 2 aromatic rings. The van der Waals surface area contributed by atoms with Gasteiger partial charge in [-0.25, -0.2) is 8.42 Å². The molecule has 0 radical (unpaired) electrons. The summed E-state index contributed by atoms with van der Waals surface area (Å²) in [5.41, 5.74) is 6.49. The van der Waals surface area contributed by atoms with E-state index in [1.165, 1.54) is 16.4 Å². The molecular formula is C20H24N4O5S. The van der Waals surface area contributed by atoms with E-state index in [1.54, 1.807) is 6.92 Å². The Hall–Kier alpha value is -2.82. The van der Waals surface area contributed by atoms with Gasteiger partial charge in [-0.1, -0.05) is 12.1 Å². The van der Waals surface area contributed by atoms with Crippen LogP contribution >= 0.6 is 0 Å². The first-order valence-electron chi connectivity index (χ1n) is 9.44. The molecule has 0 aromatic heterocycles. The molecule has 10 heteroatoms. The van der Waals surface area contributed by atoms with Crippen molar-refractivity contribution in [3.8, 4) is 0 Å². The van der Waals surface area contributed by atoms with Gasteiger partial charge in [-0.05, 0) is 49.6 Å². The maximum absolute atomic E-state index is 13.1. The molecule has 160 valence electrons. The Bertz CT molecular complexity index is 1090. The molecule has 1 N–H and O–H groups in total. The van der Waals surface area contributed by atoms with Crippen molar-refractivity contribution in [1.82, 2.24) is 4.31 Å². The van der Waals surface area contributed by atoms with Crippen LogP contribution in [0.3, 0.4) is 0 Å². The number of nitro benzene ring substituents is 1. The lowest BCUT2D eigenvalue weighted by molar-refractivity contribution is -0.385. The summed E-state index contributed by atoms with van der Waals surface area (Å²) in [6, 6.07) is 9.60. The minimum atomic E-state index is -3.96. The van der Waals surface area contributed by atoms with Gasteiger partial charge in [0.25, 0.3) is 5.69 Å². The van der Waals surface area contributed by atoms with Gasteiger partial charge in [0.1, 0.15) is 4.90 Å². The lowest BCUT2D eigenvalue weighted by Crippen LogP contribution is -2.40. The van der Waals surface area contributed by atoms with Crippen LogP contribution in [-0.2, 0) is 14.8 Å². The van der Waals surface area contributed by atoms with E-state index in [-0.39, 0.29) is 42.6 Å². The van der Waals surface area contributed by atoms with Crippen LogP contribution < -0.4 is 5.43 Å². The Kier molecular flexibility index (Phi) is 6.49. The zero-order chi connectivity index (χ0) is 21.9.